The first-order chi connectivity index (χ1) is 25.8. The molecule has 13 nitrogen and oxygen atoms in total. The van der Waals surface area contributed by atoms with Crippen LogP contribution in [0.4, 0.5) is 0 Å². The molecule has 0 spiro atoms. The molecule has 6 rings (SSSR count). The zero-order valence-electron chi connectivity index (χ0n) is 35.3. The Labute approximate surface area is 331 Å². The number of likely N-dealkylation sites (N-methyl/N-ethyl adjacent to an activating group) is 1. The number of hydroxylamine groups is 2. The molecule has 2 amide bonds. The van der Waals surface area contributed by atoms with E-state index in [1.807, 2.05) is 25.9 Å². The van der Waals surface area contributed by atoms with Crippen molar-refractivity contribution in [2.24, 2.45) is 46.8 Å². The predicted molar refractivity (Wildman–Crippen MR) is 214 cm³/mol. The minimum absolute atomic E-state index is 0.00501. The maximum absolute atomic E-state index is 14.2. The number of sulfone groups is 1. The van der Waals surface area contributed by atoms with Crippen molar-refractivity contribution < 1.29 is 37.8 Å². The second-order valence-electron chi connectivity index (χ2n) is 19.3. The Kier molecular flexibility index (Phi) is 15.2. The molecule has 5 saturated carbocycles. The third-order valence-corrected chi connectivity index (χ3v) is 15.5. The van der Waals surface area contributed by atoms with Crippen LogP contribution in [0.15, 0.2) is 0 Å². The van der Waals surface area contributed by atoms with Gasteiger partial charge in [-0.15, -0.1) is 0 Å². The molecule has 1 saturated heterocycles. The summed E-state index contributed by atoms with van der Waals surface area (Å²) in [4.78, 5) is 38.9. The van der Waals surface area contributed by atoms with E-state index in [0.29, 0.717) is 43.4 Å². The summed E-state index contributed by atoms with van der Waals surface area (Å²) in [5, 5.41) is 29.8. The van der Waals surface area contributed by atoms with Crippen LogP contribution in [-0.4, -0.2) is 154 Å². The maximum Gasteiger partial charge on any atom is 0.240 e. The van der Waals surface area contributed by atoms with Crippen LogP contribution >= 0.6 is 0 Å². The first kappa shape index (κ1) is 44.7. The van der Waals surface area contributed by atoms with Gasteiger partial charge in [-0.3, -0.25) is 14.4 Å². The average molecular weight is 798 g/mol. The second kappa shape index (κ2) is 18.7. The van der Waals surface area contributed by atoms with E-state index in [-0.39, 0.29) is 72.1 Å². The highest BCUT2D eigenvalue weighted by molar-refractivity contribution is 7.90. The van der Waals surface area contributed by atoms with E-state index < -0.39 is 34.0 Å². The van der Waals surface area contributed by atoms with E-state index in [0.717, 1.165) is 51.4 Å². The first-order valence-electron chi connectivity index (χ1n) is 21.3. The smallest absolute Gasteiger partial charge is 0.240 e. The lowest BCUT2D eigenvalue weighted by Gasteiger charge is -2.59. The normalized spacial score (nSPS) is 37.7. The van der Waals surface area contributed by atoms with Gasteiger partial charge in [0.25, 0.3) is 0 Å². The number of nitrogens with zero attached hydrogens (tertiary/aromatic N) is 3. The SMILES string of the molecule is CCOC1C(CN2O[C@@H](CO)[C@@H]([C@H](C)O)[C@H]2C(=O)NC2C[C@@H]3C[C@H](C2)C3(C)C)CCCC1C1CC(C(=O)N[C@@H](CCS(C)(=O)=O)CN(C)C)CC(N(C)C)C1. The number of aliphatic hydroxyl groups is 2. The lowest BCUT2D eigenvalue weighted by atomic mass is 9.48. The van der Waals surface area contributed by atoms with Crippen LogP contribution < -0.4 is 10.6 Å². The largest absolute Gasteiger partial charge is 0.394 e. The number of amides is 2. The van der Waals surface area contributed by atoms with E-state index in [9.17, 15) is 28.2 Å². The number of nitrogens with one attached hydrogen (secondary N) is 2. The molecule has 55 heavy (non-hydrogen) atoms. The molecule has 318 valence electrons. The van der Waals surface area contributed by atoms with Gasteiger partial charge >= 0.3 is 0 Å². The molecule has 14 atom stereocenters. The third kappa shape index (κ3) is 10.8. The van der Waals surface area contributed by atoms with E-state index in [4.69, 9.17) is 9.57 Å². The summed E-state index contributed by atoms with van der Waals surface area (Å²) in [5.41, 5.74) is 0.322. The zero-order chi connectivity index (χ0) is 40.4. The van der Waals surface area contributed by atoms with Crippen LogP contribution in [0.5, 0.6) is 0 Å². The highest BCUT2D eigenvalue weighted by Crippen LogP contribution is 2.59. The Morgan fingerprint density at radius 1 is 1.02 bits per heavy atom. The van der Waals surface area contributed by atoms with Gasteiger partial charge in [0, 0.05) is 61.8 Å². The molecule has 7 unspecified atom stereocenters. The molecule has 2 bridgehead atoms. The Hall–Kier alpha value is -1.39. The molecule has 14 heteroatoms. The van der Waals surface area contributed by atoms with Gasteiger partial charge in [-0.25, -0.2) is 8.42 Å². The number of hydrogen-bond acceptors (Lipinski definition) is 11. The van der Waals surface area contributed by atoms with Crippen molar-refractivity contribution in [2.45, 2.75) is 134 Å². The fourth-order valence-electron chi connectivity index (χ4n) is 11.3. The van der Waals surface area contributed by atoms with Gasteiger partial charge in [-0.05, 0) is 129 Å². The standard InChI is InChI=1S/C41H75N5O8S/c1-10-53-38-26(22-46-37(36(25(2)48)35(24-47)54-46)40(50)43-32-20-29-19-30(21-32)41(29,3)4)12-11-13-34(38)27-16-28(18-33(17-27)45(7)8)39(49)42-31(23-44(5)6)14-15-55(9,51)52/h25-38,47-48H,10-24H2,1-9H3,(H,42,49)(H,43,50)/t25-,26?,27?,28?,29-,30+,31-,32?,33?,34?,35-,36+,37-,38?/m0/s1. The van der Waals surface area contributed by atoms with Crippen molar-refractivity contribution in [1.82, 2.24) is 25.5 Å². The Morgan fingerprint density at radius 3 is 2.27 bits per heavy atom. The Morgan fingerprint density at radius 2 is 1.71 bits per heavy atom. The molecule has 0 radical (unpaired) electrons. The highest BCUT2D eigenvalue weighted by atomic mass is 32.2. The summed E-state index contributed by atoms with van der Waals surface area (Å²) in [6.45, 7) is 9.65. The lowest BCUT2D eigenvalue weighted by molar-refractivity contribution is -0.194. The van der Waals surface area contributed by atoms with Crippen LogP contribution in [0.2, 0.25) is 0 Å². The molecule has 6 aliphatic rings. The number of aliphatic hydroxyl groups excluding tert-OH is 2. The molecule has 0 aromatic carbocycles. The number of carbonyl (C=O) groups excluding carboxylic acids is 2. The van der Waals surface area contributed by atoms with Crippen molar-refractivity contribution >= 4 is 21.7 Å². The lowest BCUT2D eigenvalue weighted by Crippen LogP contribution is -2.59. The van der Waals surface area contributed by atoms with Crippen LogP contribution in [0.25, 0.3) is 0 Å². The summed E-state index contributed by atoms with van der Waals surface area (Å²) in [6.07, 6.45) is 8.43. The van der Waals surface area contributed by atoms with Crippen LogP contribution in [-0.2, 0) is 29.0 Å². The van der Waals surface area contributed by atoms with Crippen molar-refractivity contribution in [3.05, 3.63) is 0 Å². The topological polar surface area (TPSA) is 161 Å². The zero-order valence-corrected chi connectivity index (χ0v) is 36.1. The Balaban J connectivity index is 1.32. The summed E-state index contributed by atoms with van der Waals surface area (Å²) in [5.74, 6) is 0.803. The van der Waals surface area contributed by atoms with Crippen LogP contribution in [0.3, 0.4) is 0 Å². The Bertz CT molecular complexity index is 1380. The van der Waals surface area contributed by atoms with Gasteiger partial charge in [0.15, 0.2) is 0 Å². The predicted octanol–water partition coefficient (Wildman–Crippen LogP) is 2.55. The van der Waals surface area contributed by atoms with Gasteiger partial charge in [-0.2, -0.15) is 5.06 Å². The molecule has 0 aromatic rings. The number of hydrogen-bond donors (Lipinski definition) is 4. The maximum atomic E-state index is 14.2. The van der Waals surface area contributed by atoms with E-state index in [1.54, 1.807) is 12.0 Å². The summed E-state index contributed by atoms with van der Waals surface area (Å²) in [6, 6.07) is -0.683. The number of fused-ring (bicyclic) bond motifs is 2. The van der Waals surface area contributed by atoms with E-state index >= 15 is 0 Å². The molecular formula is C41H75N5O8S. The summed E-state index contributed by atoms with van der Waals surface area (Å²) < 4.78 is 30.7. The van der Waals surface area contributed by atoms with Gasteiger partial charge < -0.3 is 35.4 Å². The molecular weight excluding hydrogens is 723 g/mol. The van der Waals surface area contributed by atoms with Crippen LogP contribution in [0.1, 0.15) is 91.9 Å². The fourth-order valence-corrected chi connectivity index (χ4v) is 12.0. The van der Waals surface area contributed by atoms with Gasteiger partial charge in [0.2, 0.25) is 11.8 Å². The quantitative estimate of drug-likeness (QED) is 0.171. The first-order valence-corrected chi connectivity index (χ1v) is 23.3. The molecule has 1 heterocycles. The van der Waals surface area contributed by atoms with E-state index in [2.05, 4.69) is 43.5 Å². The molecule has 6 fully saturated rings. The number of carbonyl (C=O) groups is 2. The minimum atomic E-state index is -3.17. The molecule has 0 aromatic heterocycles. The molecule has 1 aliphatic heterocycles. The molecule has 4 N–H and O–H groups in total. The number of ether oxygens (including phenoxy) is 1. The van der Waals surface area contributed by atoms with Crippen molar-refractivity contribution in [3.63, 3.8) is 0 Å². The van der Waals surface area contributed by atoms with Gasteiger partial charge in [0.05, 0.1) is 24.6 Å². The number of rotatable bonds is 17. The van der Waals surface area contributed by atoms with Crippen LogP contribution in [0, 0.1) is 46.8 Å². The average Bonchev–Trinajstić information content (AvgIpc) is 3.49. The van der Waals surface area contributed by atoms with Crippen molar-refractivity contribution in [1.29, 1.82) is 0 Å². The van der Waals surface area contributed by atoms with Crippen molar-refractivity contribution in [3.8, 4) is 0 Å². The second-order valence-corrected chi connectivity index (χ2v) is 21.5. The van der Waals surface area contributed by atoms with Crippen molar-refractivity contribution in [2.75, 3.05) is 66.5 Å². The fraction of sp³-hybridized carbons (Fsp3) is 0.951. The highest BCUT2D eigenvalue weighted by Gasteiger charge is 2.55. The summed E-state index contributed by atoms with van der Waals surface area (Å²) >= 11 is 0. The molecule has 5 aliphatic carbocycles. The van der Waals surface area contributed by atoms with Gasteiger partial charge in [-0.1, -0.05) is 20.3 Å². The third-order valence-electron chi connectivity index (χ3n) is 14.5. The minimum Gasteiger partial charge on any atom is -0.394 e. The van der Waals surface area contributed by atoms with Gasteiger partial charge in [0.1, 0.15) is 22.0 Å². The summed E-state index contributed by atoms with van der Waals surface area (Å²) in [7, 11) is 4.86. The van der Waals surface area contributed by atoms with E-state index in [1.165, 1.54) is 12.7 Å². The monoisotopic (exact) mass is 798 g/mol.